The van der Waals surface area contributed by atoms with Crippen LogP contribution in [0.4, 0.5) is 0 Å². The summed E-state index contributed by atoms with van der Waals surface area (Å²) in [6.45, 7) is 16.5. The number of rotatable bonds is 24. The zero-order valence-electron chi connectivity index (χ0n) is 29.0. The molecule has 260 valence electrons. The molecule has 0 aliphatic heterocycles. The fraction of sp³-hybridized carbons (Fsp3) is 0.722. The van der Waals surface area contributed by atoms with E-state index in [1.54, 1.807) is 0 Å². The van der Waals surface area contributed by atoms with Crippen molar-refractivity contribution in [1.29, 1.82) is 0 Å². The number of hydrogen-bond acceptors (Lipinski definition) is 8. The van der Waals surface area contributed by atoms with Gasteiger partial charge in [0.1, 0.15) is 0 Å². The second-order valence-corrected chi connectivity index (χ2v) is 10.3. The predicted octanol–water partition coefficient (Wildman–Crippen LogP) is 6.81. The summed E-state index contributed by atoms with van der Waals surface area (Å²) in [5.74, 6) is -4.03. The van der Waals surface area contributed by atoms with E-state index in [-0.39, 0.29) is 23.9 Å². The van der Waals surface area contributed by atoms with Gasteiger partial charge in [-0.3, -0.25) is 0 Å². The van der Waals surface area contributed by atoms with Gasteiger partial charge in [0, 0.05) is 12.2 Å². The number of unbranched alkanes of at least 4 members (excludes halogenated alkanes) is 16. The molecule has 0 amide bonds. The van der Waals surface area contributed by atoms with Crippen molar-refractivity contribution in [3.8, 4) is 0 Å². The van der Waals surface area contributed by atoms with Gasteiger partial charge in [-0.1, -0.05) is 157 Å². The number of carbonyl (C=O) groups excluding carboxylic acids is 4. The molecule has 8 nitrogen and oxygen atoms in total. The van der Waals surface area contributed by atoms with Crippen molar-refractivity contribution in [2.45, 2.75) is 156 Å². The third-order valence-corrected chi connectivity index (χ3v) is 5.90. The quantitative estimate of drug-likeness (QED) is 0.0456. The summed E-state index contributed by atoms with van der Waals surface area (Å²) < 4.78 is 9.64. The van der Waals surface area contributed by atoms with E-state index in [1.165, 1.54) is 77.0 Å². The van der Waals surface area contributed by atoms with Gasteiger partial charge in [0.25, 0.3) is 0 Å². The summed E-state index contributed by atoms with van der Waals surface area (Å²) in [6.07, 6.45) is 26.5. The largest absolute Gasteiger partial charge is 2.00 e. The van der Waals surface area contributed by atoms with Gasteiger partial charge in [-0.25, -0.2) is 9.59 Å². The van der Waals surface area contributed by atoms with E-state index < -0.39 is 23.9 Å². The Balaban J connectivity index is -0.000000187. The minimum absolute atomic E-state index is 0. The standard InChI is InChI=1S/2C14H24O4.2C4H9.Sn/c2*1-2-3-4-5-6-7-8-9-12-18-14(17)11-10-13(15)16;2*1-3-4-2;/h2*10-11H,2-9,12H2,1H3,(H,15,16);2*1,3-4H2,2H3;/q;;;;+2/p-2/b2*11-10+;;;. The van der Waals surface area contributed by atoms with Crippen molar-refractivity contribution in [2.75, 3.05) is 13.2 Å². The van der Waals surface area contributed by atoms with Gasteiger partial charge in [-0.2, -0.15) is 0 Å². The number of aliphatic carboxylic acids is 2. The maximum atomic E-state index is 11.0. The fourth-order valence-corrected chi connectivity index (χ4v) is 3.19. The van der Waals surface area contributed by atoms with Crippen molar-refractivity contribution in [3.05, 3.63) is 38.2 Å². The van der Waals surface area contributed by atoms with E-state index in [9.17, 15) is 29.4 Å². The topological polar surface area (TPSA) is 133 Å². The smallest absolute Gasteiger partial charge is 0.545 e. The summed E-state index contributed by atoms with van der Waals surface area (Å²) in [6, 6.07) is 0. The molecule has 0 unspecified atom stereocenters. The van der Waals surface area contributed by atoms with E-state index in [0.717, 1.165) is 63.5 Å². The summed E-state index contributed by atoms with van der Waals surface area (Å²) in [5, 5.41) is 20.0. The number of ether oxygens (including phenoxy) is 2. The molecule has 0 aromatic carbocycles. The molecular formula is C36H64O8Sn. The first-order valence-electron chi connectivity index (χ1n) is 16.9. The molecule has 0 spiro atoms. The van der Waals surface area contributed by atoms with E-state index in [1.807, 2.05) is 0 Å². The number of carboxylic acids is 2. The molecule has 0 aliphatic rings. The van der Waals surface area contributed by atoms with E-state index in [0.29, 0.717) is 25.4 Å². The zero-order chi connectivity index (χ0) is 34.1. The van der Waals surface area contributed by atoms with Gasteiger partial charge in [-0.15, -0.1) is 0 Å². The van der Waals surface area contributed by atoms with E-state index >= 15 is 0 Å². The Kier molecular flexibility index (Phi) is 57.4. The number of esters is 2. The normalized spacial score (nSPS) is 9.91. The monoisotopic (exact) mass is 744 g/mol. The fourth-order valence-electron chi connectivity index (χ4n) is 3.19. The number of hydrogen-bond donors (Lipinski definition) is 0. The Morgan fingerprint density at radius 2 is 0.711 bits per heavy atom. The van der Waals surface area contributed by atoms with Crippen molar-refractivity contribution >= 4 is 47.8 Å². The van der Waals surface area contributed by atoms with Crippen LogP contribution >= 0.6 is 0 Å². The molecule has 0 saturated heterocycles. The second-order valence-electron chi connectivity index (χ2n) is 10.3. The molecule has 0 atom stereocenters. The minimum Gasteiger partial charge on any atom is -0.545 e. The Hall–Kier alpha value is -1.84. The Morgan fingerprint density at radius 3 is 0.933 bits per heavy atom. The first kappa shape index (κ1) is 52.7. The molecule has 0 rings (SSSR count). The summed E-state index contributed by atoms with van der Waals surface area (Å²) in [4.78, 5) is 42.0. The first-order chi connectivity index (χ1) is 21.2. The SMILES string of the molecule is CCCCCCCCCCOC(=O)/C=C/C(=O)[O-].CCCCCCCCCCOC(=O)/C=C/C(=O)[O-].[CH2]CCC.[CH2]CCC.[Sn+2]. The third-order valence-electron chi connectivity index (χ3n) is 5.90. The predicted molar refractivity (Wildman–Crippen MR) is 182 cm³/mol. The van der Waals surface area contributed by atoms with Crippen LogP contribution in [0.1, 0.15) is 156 Å². The molecule has 45 heavy (non-hydrogen) atoms. The molecule has 0 aromatic rings. The molecule has 0 heterocycles. The Labute approximate surface area is 293 Å². The van der Waals surface area contributed by atoms with Crippen LogP contribution in [0.15, 0.2) is 24.3 Å². The third kappa shape index (κ3) is 65.7. The number of carboxylic acid groups (broad SMARTS) is 2. The van der Waals surface area contributed by atoms with Crippen molar-refractivity contribution < 1.29 is 38.9 Å². The molecule has 0 aliphatic carbocycles. The molecule has 4 radical (unpaired) electrons. The Bertz CT molecular complexity index is 631. The molecule has 0 bridgehead atoms. The van der Waals surface area contributed by atoms with Crippen LogP contribution < -0.4 is 10.2 Å². The van der Waals surface area contributed by atoms with Crippen LogP contribution in [0.3, 0.4) is 0 Å². The van der Waals surface area contributed by atoms with E-state index in [2.05, 4.69) is 41.5 Å². The average Bonchev–Trinajstić information content (AvgIpc) is 3.01. The van der Waals surface area contributed by atoms with Gasteiger partial charge in [0.15, 0.2) is 0 Å². The summed E-state index contributed by atoms with van der Waals surface area (Å²) >= 11 is 0. The molecule has 0 fully saturated rings. The number of carbonyl (C=O) groups is 4. The van der Waals surface area contributed by atoms with Crippen LogP contribution in [0.2, 0.25) is 0 Å². The first-order valence-corrected chi connectivity index (χ1v) is 16.9. The van der Waals surface area contributed by atoms with Gasteiger partial charge >= 0.3 is 35.8 Å². The van der Waals surface area contributed by atoms with Crippen LogP contribution in [0.25, 0.3) is 0 Å². The average molecular weight is 744 g/mol. The maximum absolute atomic E-state index is 11.0. The van der Waals surface area contributed by atoms with Crippen molar-refractivity contribution in [1.82, 2.24) is 0 Å². The van der Waals surface area contributed by atoms with Crippen LogP contribution in [-0.4, -0.2) is 61.0 Å². The van der Waals surface area contributed by atoms with Gasteiger partial charge in [0.05, 0.1) is 25.2 Å². The molecular weight excluding hydrogens is 679 g/mol. The van der Waals surface area contributed by atoms with Crippen LogP contribution in [-0.2, 0) is 28.7 Å². The summed E-state index contributed by atoms with van der Waals surface area (Å²) in [5.41, 5.74) is 0. The zero-order valence-corrected chi connectivity index (χ0v) is 31.9. The molecule has 9 heteroatoms. The minimum atomic E-state index is -1.39. The van der Waals surface area contributed by atoms with Gasteiger partial charge in [-0.05, 0) is 25.0 Å². The van der Waals surface area contributed by atoms with Crippen molar-refractivity contribution in [2.24, 2.45) is 0 Å². The Morgan fingerprint density at radius 1 is 0.467 bits per heavy atom. The maximum Gasteiger partial charge on any atom is 2.00 e. The molecule has 0 saturated carbocycles. The van der Waals surface area contributed by atoms with Crippen LogP contribution in [0.5, 0.6) is 0 Å². The van der Waals surface area contributed by atoms with Gasteiger partial charge in [0.2, 0.25) is 0 Å². The molecule has 0 N–H and O–H groups in total. The molecule has 0 aromatic heterocycles. The second kappa shape index (κ2) is 49.0. The van der Waals surface area contributed by atoms with E-state index in [4.69, 9.17) is 9.47 Å². The van der Waals surface area contributed by atoms with Gasteiger partial charge < -0.3 is 29.3 Å². The van der Waals surface area contributed by atoms with Crippen molar-refractivity contribution in [3.63, 3.8) is 0 Å². The summed E-state index contributed by atoms with van der Waals surface area (Å²) in [7, 11) is 0. The van der Waals surface area contributed by atoms with Crippen LogP contribution in [0, 0.1) is 13.8 Å².